The van der Waals surface area contributed by atoms with E-state index >= 15 is 0 Å². The zero-order chi connectivity index (χ0) is 11.4. The van der Waals surface area contributed by atoms with Gasteiger partial charge in [-0.2, -0.15) is 0 Å². The Morgan fingerprint density at radius 1 is 1.53 bits per heavy atom. The molecule has 0 aromatic heterocycles. The maximum atomic E-state index is 11.7. The molecule has 4 nitrogen and oxygen atoms in total. The Balaban J connectivity index is 2.56. The Kier molecular flexibility index (Phi) is 4.54. The molecule has 1 heterocycles. The molecule has 0 spiro atoms. The molecule has 4 heteroatoms. The van der Waals surface area contributed by atoms with Gasteiger partial charge in [0.1, 0.15) is 0 Å². The molecule has 88 valence electrons. The van der Waals surface area contributed by atoms with Gasteiger partial charge in [0.25, 0.3) is 0 Å². The summed E-state index contributed by atoms with van der Waals surface area (Å²) in [5.41, 5.74) is 0. The Hall–Kier alpha value is -0.610. The fourth-order valence-electron chi connectivity index (χ4n) is 1.94. The van der Waals surface area contributed by atoms with E-state index in [2.05, 4.69) is 24.1 Å². The number of hydrogen-bond acceptors (Lipinski definition) is 3. The first-order valence-electron chi connectivity index (χ1n) is 5.70. The minimum absolute atomic E-state index is 0.246. The van der Waals surface area contributed by atoms with E-state index in [1.807, 2.05) is 19.0 Å². The molecular formula is C11H23N3O. The molecule has 1 fully saturated rings. The van der Waals surface area contributed by atoms with Crippen LogP contribution in [0.1, 0.15) is 20.3 Å². The zero-order valence-electron chi connectivity index (χ0n) is 10.3. The van der Waals surface area contributed by atoms with Crippen LogP contribution >= 0.6 is 0 Å². The van der Waals surface area contributed by atoms with Crippen LogP contribution in [0.4, 0.5) is 0 Å². The van der Waals surface area contributed by atoms with Gasteiger partial charge in [0, 0.05) is 25.7 Å². The third-order valence-corrected chi connectivity index (χ3v) is 3.18. The number of carbonyl (C=O) groups excluding carboxylic acids is 1. The van der Waals surface area contributed by atoms with E-state index in [1.165, 1.54) is 0 Å². The fourth-order valence-corrected chi connectivity index (χ4v) is 1.94. The molecule has 1 rings (SSSR count). The number of amides is 1. The minimum atomic E-state index is 0.246. The summed E-state index contributed by atoms with van der Waals surface area (Å²) in [6, 6.07) is 0.820. The smallest absolute Gasteiger partial charge is 0.236 e. The molecule has 0 aromatic rings. The predicted molar refractivity (Wildman–Crippen MR) is 61.8 cm³/mol. The van der Waals surface area contributed by atoms with Gasteiger partial charge in [-0.3, -0.25) is 9.69 Å². The lowest BCUT2D eigenvalue weighted by Gasteiger charge is -2.41. The molecule has 1 saturated heterocycles. The molecule has 1 atom stereocenters. The van der Waals surface area contributed by atoms with Crippen LogP contribution in [0, 0.1) is 0 Å². The number of rotatable bonds is 4. The summed E-state index contributed by atoms with van der Waals surface area (Å²) >= 11 is 0. The Bertz CT molecular complexity index is 218. The van der Waals surface area contributed by atoms with Gasteiger partial charge in [0.15, 0.2) is 0 Å². The van der Waals surface area contributed by atoms with Gasteiger partial charge in [-0.05, 0) is 33.9 Å². The highest BCUT2D eigenvalue weighted by Crippen LogP contribution is 2.13. The normalized spacial score (nSPS) is 23.9. The van der Waals surface area contributed by atoms with Crippen LogP contribution in [-0.2, 0) is 4.79 Å². The van der Waals surface area contributed by atoms with Gasteiger partial charge < -0.3 is 10.2 Å². The number of likely N-dealkylation sites (N-methyl/N-ethyl adjacent to an activating group) is 1. The Morgan fingerprint density at radius 3 is 2.73 bits per heavy atom. The van der Waals surface area contributed by atoms with E-state index in [1.54, 1.807) is 0 Å². The van der Waals surface area contributed by atoms with Gasteiger partial charge in [-0.15, -0.1) is 0 Å². The lowest BCUT2D eigenvalue weighted by atomic mass is 10.1. The van der Waals surface area contributed by atoms with E-state index in [-0.39, 0.29) is 5.91 Å². The van der Waals surface area contributed by atoms with E-state index < -0.39 is 0 Å². The average Bonchev–Trinajstić information content (AvgIpc) is 2.19. The maximum absolute atomic E-state index is 11.7. The van der Waals surface area contributed by atoms with Crippen molar-refractivity contribution >= 4 is 5.91 Å². The van der Waals surface area contributed by atoms with Crippen molar-refractivity contribution in [2.45, 2.75) is 32.4 Å². The second-order valence-electron chi connectivity index (χ2n) is 4.57. The second kappa shape index (κ2) is 5.47. The van der Waals surface area contributed by atoms with Crippen molar-refractivity contribution in [3.63, 3.8) is 0 Å². The standard InChI is InChI=1S/C11H23N3O/c1-9(2)14-7-10(5-6-12-3)13(4)11(15)8-14/h9-10,12H,5-8H2,1-4H3. The molecule has 0 radical (unpaired) electrons. The summed E-state index contributed by atoms with van der Waals surface area (Å²) < 4.78 is 0. The van der Waals surface area contributed by atoms with Crippen molar-refractivity contribution in [1.29, 1.82) is 0 Å². The summed E-state index contributed by atoms with van der Waals surface area (Å²) in [6.07, 6.45) is 1.03. The maximum Gasteiger partial charge on any atom is 0.236 e. The first kappa shape index (κ1) is 12.5. The van der Waals surface area contributed by atoms with Crippen molar-refractivity contribution in [2.75, 3.05) is 33.7 Å². The monoisotopic (exact) mass is 213 g/mol. The van der Waals surface area contributed by atoms with Gasteiger partial charge in [0.2, 0.25) is 5.91 Å². The number of carbonyl (C=O) groups is 1. The molecule has 1 unspecified atom stereocenters. The van der Waals surface area contributed by atoms with Crippen LogP contribution in [0.3, 0.4) is 0 Å². The molecule has 1 aliphatic heterocycles. The van der Waals surface area contributed by atoms with Crippen molar-refractivity contribution in [2.24, 2.45) is 0 Å². The largest absolute Gasteiger partial charge is 0.340 e. The second-order valence-corrected chi connectivity index (χ2v) is 4.57. The van der Waals surface area contributed by atoms with Crippen molar-refractivity contribution in [3.8, 4) is 0 Å². The molecule has 0 saturated carbocycles. The molecule has 0 bridgehead atoms. The molecule has 0 aliphatic carbocycles. The third-order valence-electron chi connectivity index (χ3n) is 3.18. The summed E-state index contributed by atoms with van der Waals surface area (Å²) in [4.78, 5) is 15.9. The molecular weight excluding hydrogens is 190 g/mol. The van der Waals surface area contributed by atoms with Crippen LogP contribution in [0.25, 0.3) is 0 Å². The van der Waals surface area contributed by atoms with Crippen LogP contribution in [-0.4, -0.2) is 61.5 Å². The third kappa shape index (κ3) is 3.18. The highest BCUT2D eigenvalue weighted by atomic mass is 16.2. The molecule has 1 aliphatic rings. The fraction of sp³-hybridized carbons (Fsp3) is 0.909. The number of nitrogens with one attached hydrogen (secondary N) is 1. The molecule has 0 aromatic carbocycles. The summed E-state index contributed by atoms with van der Waals surface area (Å²) in [7, 11) is 3.87. The van der Waals surface area contributed by atoms with Crippen LogP contribution < -0.4 is 5.32 Å². The number of nitrogens with zero attached hydrogens (tertiary/aromatic N) is 2. The lowest BCUT2D eigenvalue weighted by Crippen LogP contribution is -2.56. The van der Waals surface area contributed by atoms with E-state index in [0.29, 0.717) is 18.6 Å². The van der Waals surface area contributed by atoms with E-state index in [0.717, 1.165) is 19.5 Å². The zero-order valence-corrected chi connectivity index (χ0v) is 10.3. The van der Waals surface area contributed by atoms with E-state index in [4.69, 9.17) is 0 Å². The van der Waals surface area contributed by atoms with Crippen molar-refractivity contribution < 1.29 is 4.79 Å². The van der Waals surface area contributed by atoms with Crippen LogP contribution in [0.2, 0.25) is 0 Å². The van der Waals surface area contributed by atoms with Gasteiger partial charge in [-0.1, -0.05) is 0 Å². The highest BCUT2D eigenvalue weighted by molar-refractivity contribution is 5.79. The number of hydrogen-bond donors (Lipinski definition) is 1. The summed E-state index contributed by atoms with van der Waals surface area (Å²) in [5.74, 6) is 0.246. The average molecular weight is 213 g/mol. The van der Waals surface area contributed by atoms with E-state index in [9.17, 15) is 4.79 Å². The highest BCUT2D eigenvalue weighted by Gasteiger charge is 2.30. The van der Waals surface area contributed by atoms with Crippen molar-refractivity contribution in [3.05, 3.63) is 0 Å². The Morgan fingerprint density at radius 2 is 2.20 bits per heavy atom. The molecule has 15 heavy (non-hydrogen) atoms. The molecule has 1 N–H and O–H groups in total. The van der Waals surface area contributed by atoms with Crippen LogP contribution in [0.15, 0.2) is 0 Å². The topological polar surface area (TPSA) is 35.6 Å². The summed E-state index contributed by atoms with van der Waals surface area (Å²) in [6.45, 7) is 6.83. The molecule has 1 amide bonds. The Labute approximate surface area is 92.6 Å². The van der Waals surface area contributed by atoms with Gasteiger partial charge >= 0.3 is 0 Å². The number of piperazine rings is 1. The first-order chi connectivity index (χ1) is 7.06. The lowest BCUT2D eigenvalue weighted by molar-refractivity contribution is -0.138. The summed E-state index contributed by atoms with van der Waals surface area (Å²) in [5, 5.41) is 3.14. The predicted octanol–water partition coefficient (Wildman–Crippen LogP) is 0.147. The first-order valence-corrected chi connectivity index (χ1v) is 5.70. The minimum Gasteiger partial charge on any atom is -0.340 e. The quantitative estimate of drug-likeness (QED) is 0.722. The van der Waals surface area contributed by atoms with Crippen molar-refractivity contribution in [1.82, 2.24) is 15.1 Å². The van der Waals surface area contributed by atoms with Gasteiger partial charge in [0.05, 0.1) is 6.54 Å². The van der Waals surface area contributed by atoms with Gasteiger partial charge in [-0.25, -0.2) is 0 Å². The SMILES string of the molecule is CNCCC1CN(C(C)C)CC(=O)N1C. The van der Waals surface area contributed by atoms with Crippen LogP contribution in [0.5, 0.6) is 0 Å².